The SMILES string of the molecule is C#CCN1CCO[C@H](CN(C)CC(C)C)C1.CC(C)C. The van der Waals surface area contributed by atoms with Crippen LogP contribution in [-0.4, -0.2) is 62.3 Å². The molecule has 1 fully saturated rings. The lowest BCUT2D eigenvalue weighted by Gasteiger charge is -2.34. The maximum atomic E-state index is 5.75. The van der Waals surface area contributed by atoms with Gasteiger partial charge < -0.3 is 9.64 Å². The van der Waals surface area contributed by atoms with Crippen LogP contribution in [0.2, 0.25) is 0 Å². The first-order valence-corrected chi connectivity index (χ1v) is 7.81. The fraction of sp³-hybridized carbons (Fsp3) is 0.882. The molecule has 0 aromatic rings. The van der Waals surface area contributed by atoms with Crippen molar-refractivity contribution in [2.24, 2.45) is 11.8 Å². The summed E-state index contributed by atoms with van der Waals surface area (Å²) in [5, 5.41) is 0. The van der Waals surface area contributed by atoms with E-state index >= 15 is 0 Å². The van der Waals surface area contributed by atoms with Crippen molar-refractivity contribution in [2.75, 3.05) is 46.4 Å². The van der Waals surface area contributed by atoms with Gasteiger partial charge in [0.15, 0.2) is 0 Å². The van der Waals surface area contributed by atoms with E-state index in [2.05, 4.69) is 57.4 Å². The molecule has 0 unspecified atom stereocenters. The van der Waals surface area contributed by atoms with E-state index in [9.17, 15) is 0 Å². The Morgan fingerprint density at radius 2 is 1.90 bits per heavy atom. The molecular formula is C17H34N2O. The van der Waals surface area contributed by atoms with Crippen LogP contribution in [-0.2, 0) is 4.74 Å². The monoisotopic (exact) mass is 282 g/mol. The molecule has 0 amide bonds. The van der Waals surface area contributed by atoms with Crippen molar-refractivity contribution in [3.05, 3.63) is 0 Å². The van der Waals surface area contributed by atoms with Gasteiger partial charge in [0.05, 0.1) is 19.3 Å². The van der Waals surface area contributed by atoms with E-state index in [1.54, 1.807) is 0 Å². The van der Waals surface area contributed by atoms with Crippen molar-refractivity contribution in [2.45, 2.75) is 40.7 Å². The third-order valence-electron chi connectivity index (χ3n) is 2.73. The second-order valence-electron chi connectivity index (χ2n) is 6.78. The molecule has 0 spiro atoms. The van der Waals surface area contributed by atoms with Gasteiger partial charge in [-0.05, 0) is 18.9 Å². The Morgan fingerprint density at radius 3 is 2.40 bits per heavy atom. The Hall–Kier alpha value is -0.560. The van der Waals surface area contributed by atoms with Gasteiger partial charge in [-0.15, -0.1) is 6.42 Å². The van der Waals surface area contributed by atoms with Crippen LogP contribution in [0, 0.1) is 24.2 Å². The predicted octanol–water partition coefficient (Wildman–Crippen LogP) is 2.57. The van der Waals surface area contributed by atoms with Crippen molar-refractivity contribution < 1.29 is 4.74 Å². The van der Waals surface area contributed by atoms with Crippen LogP contribution < -0.4 is 0 Å². The quantitative estimate of drug-likeness (QED) is 0.721. The molecule has 0 aromatic carbocycles. The topological polar surface area (TPSA) is 15.7 Å². The summed E-state index contributed by atoms with van der Waals surface area (Å²) >= 11 is 0. The summed E-state index contributed by atoms with van der Waals surface area (Å²) in [7, 11) is 2.16. The van der Waals surface area contributed by atoms with Crippen LogP contribution >= 0.6 is 0 Å². The second kappa shape index (κ2) is 11.1. The van der Waals surface area contributed by atoms with Gasteiger partial charge in [0.2, 0.25) is 0 Å². The van der Waals surface area contributed by atoms with Crippen LogP contribution in [0.3, 0.4) is 0 Å². The van der Waals surface area contributed by atoms with Gasteiger partial charge in [0, 0.05) is 26.2 Å². The smallest absolute Gasteiger partial charge is 0.0829 e. The van der Waals surface area contributed by atoms with Crippen molar-refractivity contribution >= 4 is 0 Å². The van der Waals surface area contributed by atoms with E-state index in [4.69, 9.17) is 11.2 Å². The molecular weight excluding hydrogens is 248 g/mol. The molecule has 3 heteroatoms. The molecule has 1 atom stereocenters. The zero-order valence-corrected chi connectivity index (χ0v) is 14.4. The number of rotatable bonds is 5. The molecule has 1 saturated heterocycles. The van der Waals surface area contributed by atoms with Crippen molar-refractivity contribution in [1.29, 1.82) is 0 Å². The minimum Gasteiger partial charge on any atom is -0.374 e. The van der Waals surface area contributed by atoms with Crippen LogP contribution in [0.4, 0.5) is 0 Å². The molecule has 0 bridgehead atoms. The summed E-state index contributed by atoms with van der Waals surface area (Å²) in [5.74, 6) is 4.24. The minimum absolute atomic E-state index is 0.311. The van der Waals surface area contributed by atoms with Crippen LogP contribution in [0.1, 0.15) is 34.6 Å². The molecule has 1 rings (SSSR count). The third-order valence-corrected chi connectivity index (χ3v) is 2.73. The number of morpholine rings is 1. The fourth-order valence-corrected chi connectivity index (χ4v) is 2.21. The van der Waals surface area contributed by atoms with E-state index in [1.165, 1.54) is 0 Å². The maximum Gasteiger partial charge on any atom is 0.0829 e. The third kappa shape index (κ3) is 11.3. The van der Waals surface area contributed by atoms with E-state index < -0.39 is 0 Å². The summed E-state index contributed by atoms with van der Waals surface area (Å²) in [5.41, 5.74) is 0. The Balaban J connectivity index is 0.000000796. The molecule has 0 saturated carbocycles. The molecule has 1 heterocycles. The van der Waals surface area contributed by atoms with E-state index in [0.717, 1.165) is 45.2 Å². The number of likely N-dealkylation sites (N-methyl/N-ethyl adjacent to an activating group) is 1. The molecule has 3 nitrogen and oxygen atoms in total. The molecule has 0 N–H and O–H groups in total. The lowest BCUT2D eigenvalue weighted by atomic mass is 10.2. The average molecular weight is 282 g/mol. The highest BCUT2D eigenvalue weighted by Crippen LogP contribution is 2.07. The highest BCUT2D eigenvalue weighted by molar-refractivity contribution is 4.90. The van der Waals surface area contributed by atoms with Crippen molar-refractivity contribution in [3.8, 4) is 12.3 Å². The van der Waals surface area contributed by atoms with Gasteiger partial charge >= 0.3 is 0 Å². The molecule has 1 aliphatic rings. The first kappa shape index (κ1) is 19.4. The van der Waals surface area contributed by atoms with Crippen molar-refractivity contribution in [3.63, 3.8) is 0 Å². The highest BCUT2D eigenvalue weighted by Gasteiger charge is 2.21. The largest absolute Gasteiger partial charge is 0.374 e. The highest BCUT2D eigenvalue weighted by atomic mass is 16.5. The Labute approximate surface area is 126 Å². The second-order valence-corrected chi connectivity index (χ2v) is 6.78. The van der Waals surface area contributed by atoms with E-state index in [1.807, 2.05) is 0 Å². The van der Waals surface area contributed by atoms with Gasteiger partial charge in [-0.25, -0.2) is 0 Å². The summed E-state index contributed by atoms with van der Waals surface area (Å²) < 4.78 is 5.75. The van der Waals surface area contributed by atoms with Crippen LogP contribution in [0.15, 0.2) is 0 Å². The minimum atomic E-state index is 0.311. The molecule has 0 radical (unpaired) electrons. The molecule has 20 heavy (non-hydrogen) atoms. The van der Waals surface area contributed by atoms with E-state index in [-0.39, 0.29) is 0 Å². The molecule has 1 aliphatic heterocycles. The fourth-order valence-electron chi connectivity index (χ4n) is 2.21. The van der Waals surface area contributed by atoms with Crippen LogP contribution in [0.5, 0.6) is 0 Å². The number of hydrogen-bond donors (Lipinski definition) is 0. The predicted molar refractivity (Wildman–Crippen MR) is 87.9 cm³/mol. The summed E-state index contributed by atoms with van der Waals surface area (Å²) in [6, 6.07) is 0. The normalized spacial score (nSPS) is 19.9. The molecule has 118 valence electrons. The lowest BCUT2D eigenvalue weighted by molar-refractivity contribution is -0.0373. The molecule has 0 aromatic heterocycles. The Bertz CT molecular complexity index is 268. The number of terminal acetylenes is 1. The first-order chi connectivity index (χ1) is 9.35. The summed E-state index contributed by atoms with van der Waals surface area (Å²) in [6.07, 6.45) is 5.64. The summed E-state index contributed by atoms with van der Waals surface area (Å²) in [4.78, 5) is 4.63. The van der Waals surface area contributed by atoms with Crippen LogP contribution in [0.25, 0.3) is 0 Å². The standard InChI is InChI=1S/C13H24N2O.C4H10/c1-5-6-15-7-8-16-13(11-15)10-14(4)9-12(2)3;1-4(2)3/h1,12-13H,6-11H2,2-4H3;4H,1-3H3/t13-;/m1./s1. The number of hydrogen-bond acceptors (Lipinski definition) is 3. The maximum absolute atomic E-state index is 5.75. The van der Waals surface area contributed by atoms with Gasteiger partial charge in [0.25, 0.3) is 0 Å². The number of nitrogens with zero attached hydrogens (tertiary/aromatic N) is 2. The average Bonchev–Trinajstić information content (AvgIpc) is 2.27. The van der Waals surface area contributed by atoms with Gasteiger partial charge in [0.1, 0.15) is 0 Å². The van der Waals surface area contributed by atoms with Gasteiger partial charge in [-0.3, -0.25) is 4.90 Å². The number of ether oxygens (including phenoxy) is 1. The first-order valence-electron chi connectivity index (χ1n) is 7.81. The zero-order valence-electron chi connectivity index (χ0n) is 14.4. The van der Waals surface area contributed by atoms with Crippen molar-refractivity contribution in [1.82, 2.24) is 9.80 Å². The zero-order chi connectivity index (χ0) is 15.5. The van der Waals surface area contributed by atoms with Gasteiger partial charge in [-0.1, -0.05) is 40.5 Å². The summed E-state index contributed by atoms with van der Waals surface area (Å²) in [6.45, 7) is 16.6. The van der Waals surface area contributed by atoms with E-state index in [0.29, 0.717) is 12.0 Å². The Kier molecular flexibility index (Phi) is 10.8. The Morgan fingerprint density at radius 1 is 1.30 bits per heavy atom. The lowest BCUT2D eigenvalue weighted by Crippen LogP contribution is -2.47. The molecule has 0 aliphatic carbocycles. The van der Waals surface area contributed by atoms with Gasteiger partial charge in [-0.2, -0.15) is 0 Å².